The molecule has 0 radical (unpaired) electrons. The molecule has 0 unspecified atom stereocenters. The van der Waals surface area contributed by atoms with Crippen LogP contribution in [0.1, 0.15) is 5.56 Å². The number of fused-ring (bicyclic) bond motifs is 1. The third kappa shape index (κ3) is 4.24. The SMILES string of the molecule is Cc1cccc(N2CCN(C(=O)NCCOc3ccc4c(c3)OCO4)CC2)c1. The van der Waals surface area contributed by atoms with Crippen molar-refractivity contribution in [3.63, 3.8) is 0 Å². The van der Waals surface area contributed by atoms with Gasteiger partial charge in [-0.25, -0.2) is 4.79 Å². The lowest BCUT2D eigenvalue weighted by molar-refractivity contribution is 0.173. The second-order valence-electron chi connectivity index (χ2n) is 6.91. The minimum Gasteiger partial charge on any atom is -0.492 e. The number of ether oxygens (including phenoxy) is 3. The van der Waals surface area contributed by atoms with Gasteiger partial charge in [0.2, 0.25) is 6.79 Å². The Morgan fingerprint density at radius 2 is 1.89 bits per heavy atom. The minimum atomic E-state index is -0.0434. The highest BCUT2D eigenvalue weighted by Crippen LogP contribution is 2.34. The standard InChI is InChI=1S/C21H25N3O4/c1-16-3-2-4-17(13-16)23-8-10-24(11-9-23)21(25)22-7-12-26-18-5-6-19-20(14-18)28-15-27-19/h2-6,13-14H,7-12,15H2,1H3,(H,22,25). The summed E-state index contributed by atoms with van der Waals surface area (Å²) >= 11 is 0. The Bertz CT molecular complexity index is 834. The summed E-state index contributed by atoms with van der Waals surface area (Å²) in [6, 6.07) is 13.9. The summed E-state index contributed by atoms with van der Waals surface area (Å²) in [7, 11) is 0. The largest absolute Gasteiger partial charge is 0.492 e. The van der Waals surface area contributed by atoms with E-state index in [1.807, 2.05) is 17.0 Å². The molecule has 7 nitrogen and oxygen atoms in total. The van der Waals surface area contributed by atoms with Crippen molar-refractivity contribution in [2.75, 3.05) is 51.0 Å². The van der Waals surface area contributed by atoms with E-state index >= 15 is 0 Å². The van der Waals surface area contributed by atoms with Crippen LogP contribution in [0.5, 0.6) is 17.2 Å². The van der Waals surface area contributed by atoms with E-state index in [0.29, 0.717) is 37.7 Å². The van der Waals surface area contributed by atoms with Crippen LogP contribution in [-0.2, 0) is 0 Å². The molecule has 2 heterocycles. The van der Waals surface area contributed by atoms with Gasteiger partial charge in [0.25, 0.3) is 0 Å². The van der Waals surface area contributed by atoms with Crippen molar-refractivity contribution in [2.24, 2.45) is 0 Å². The number of amides is 2. The maximum Gasteiger partial charge on any atom is 0.317 e. The van der Waals surface area contributed by atoms with E-state index in [9.17, 15) is 4.79 Å². The predicted octanol–water partition coefficient (Wildman–Crippen LogP) is 2.63. The fraction of sp³-hybridized carbons (Fsp3) is 0.381. The fourth-order valence-electron chi connectivity index (χ4n) is 3.40. The molecule has 7 heteroatoms. The van der Waals surface area contributed by atoms with Gasteiger partial charge in [-0.1, -0.05) is 12.1 Å². The zero-order valence-electron chi connectivity index (χ0n) is 16.0. The molecular formula is C21H25N3O4. The van der Waals surface area contributed by atoms with Gasteiger partial charge in [0.05, 0.1) is 6.54 Å². The van der Waals surface area contributed by atoms with E-state index in [1.165, 1.54) is 11.3 Å². The summed E-state index contributed by atoms with van der Waals surface area (Å²) in [5.41, 5.74) is 2.47. The van der Waals surface area contributed by atoms with Gasteiger partial charge in [0.1, 0.15) is 12.4 Å². The van der Waals surface area contributed by atoms with Crippen molar-refractivity contribution >= 4 is 11.7 Å². The maximum atomic E-state index is 12.4. The molecule has 0 aromatic heterocycles. The van der Waals surface area contributed by atoms with Gasteiger partial charge in [-0.05, 0) is 36.8 Å². The number of hydrogen-bond acceptors (Lipinski definition) is 5. The van der Waals surface area contributed by atoms with Gasteiger partial charge in [-0.15, -0.1) is 0 Å². The molecule has 0 spiro atoms. The summed E-state index contributed by atoms with van der Waals surface area (Å²) in [5.74, 6) is 2.11. The third-order valence-electron chi connectivity index (χ3n) is 4.92. The van der Waals surface area contributed by atoms with E-state index in [1.54, 1.807) is 6.07 Å². The second-order valence-corrected chi connectivity index (χ2v) is 6.91. The average molecular weight is 383 g/mol. The van der Waals surface area contributed by atoms with Crippen LogP contribution >= 0.6 is 0 Å². The number of urea groups is 1. The highest BCUT2D eigenvalue weighted by molar-refractivity contribution is 5.74. The molecule has 4 rings (SSSR count). The first-order valence-corrected chi connectivity index (χ1v) is 9.56. The van der Waals surface area contributed by atoms with Gasteiger partial charge >= 0.3 is 6.03 Å². The number of hydrogen-bond donors (Lipinski definition) is 1. The highest BCUT2D eigenvalue weighted by atomic mass is 16.7. The Labute approximate surface area is 164 Å². The van der Waals surface area contributed by atoms with Crippen LogP contribution in [0.15, 0.2) is 42.5 Å². The zero-order chi connectivity index (χ0) is 19.3. The summed E-state index contributed by atoms with van der Waals surface area (Å²) < 4.78 is 16.3. The first-order valence-electron chi connectivity index (χ1n) is 9.56. The summed E-state index contributed by atoms with van der Waals surface area (Å²) in [4.78, 5) is 16.5. The smallest absolute Gasteiger partial charge is 0.317 e. The fourth-order valence-corrected chi connectivity index (χ4v) is 3.40. The van der Waals surface area contributed by atoms with E-state index in [-0.39, 0.29) is 12.8 Å². The second kappa shape index (κ2) is 8.29. The normalized spacial score (nSPS) is 15.5. The molecule has 2 aliphatic rings. The summed E-state index contributed by atoms with van der Waals surface area (Å²) in [5, 5.41) is 2.93. The van der Waals surface area contributed by atoms with Crippen molar-refractivity contribution in [2.45, 2.75) is 6.92 Å². The molecule has 1 saturated heterocycles. The van der Waals surface area contributed by atoms with E-state index in [4.69, 9.17) is 14.2 Å². The molecule has 0 atom stereocenters. The Balaban J connectivity index is 1.18. The van der Waals surface area contributed by atoms with Crippen LogP contribution in [0.3, 0.4) is 0 Å². The molecular weight excluding hydrogens is 358 g/mol. The highest BCUT2D eigenvalue weighted by Gasteiger charge is 2.21. The Hall–Kier alpha value is -3.09. The van der Waals surface area contributed by atoms with E-state index in [0.717, 1.165) is 18.8 Å². The molecule has 1 fully saturated rings. The Kier molecular flexibility index (Phi) is 5.41. The molecule has 2 aromatic rings. The molecule has 1 N–H and O–H groups in total. The van der Waals surface area contributed by atoms with Crippen molar-refractivity contribution in [3.8, 4) is 17.2 Å². The number of nitrogens with one attached hydrogen (secondary N) is 1. The number of carbonyl (C=O) groups is 1. The molecule has 2 amide bonds. The van der Waals surface area contributed by atoms with Crippen molar-refractivity contribution in [1.82, 2.24) is 10.2 Å². The van der Waals surface area contributed by atoms with Gasteiger partial charge in [-0.3, -0.25) is 0 Å². The lowest BCUT2D eigenvalue weighted by atomic mass is 10.2. The van der Waals surface area contributed by atoms with Crippen LogP contribution in [0.2, 0.25) is 0 Å². The molecule has 0 saturated carbocycles. The van der Waals surface area contributed by atoms with Crippen LogP contribution in [0, 0.1) is 6.92 Å². The first-order chi connectivity index (χ1) is 13.7. The van der Waals surface area contributed by atoms with Crippen molar-refractivity contribution in [3.05, 3.63) is 48.0 Å². The maximum absolute atomic E-state index is 12.4. The molecule has 28 heavy (non-hydrogen) atoms. The molecule has 0 aliphatic carbocycles. The van der Waals surface area contributed by atoms with Crippen LogP contribution < -0.4 is 24.4 Å². The van der Waals surface area contributed by atoms with Crippen molar-refractivity contribution in [1.29, 1.82) is 0 Å². The third-order valence-corrected chi connectivity index (χ3v) is 4.92. The summed E-state index contributed by atoms with van der Waals surface area (Å²) in [6.07, 6.45) is 0. The van der Waals surface area contributed by atoms with Crippen LogP contribution in [-0.4, -0.2) is 57.1 Å². The predicted molar refractivity (Wildman–Crippen MR) is 106 cm³/mol. The zero-order valence-corrected chi connectivity index (χ0v) is 16.0. The van der Waals surface area contributed by atoms with Gasteiger partial charge in [0.15, 0.2) is 11.5 Å². The Morgan fingerprint density at radius 1 is 1.07 bits per heavy atom. The van der Waals surface area contributed by atoms with Gasteiger partial charge in [0, 0.05) is 37.9 Å². The van der Waals surface area contributed by atoms with Crippen LogP contribution in [0.25, 0.3) is 0 Å². The quantitative estimate of drug-likeness (QED) is 0.805. The van der Waals surface area contributed by atoms with Gasteiger partial charge in [-0.2, -0.15) is 0 Å². The topological polar surface area (TPSA) is 63.3 Å². The number of benzene rings is 2. The molecule has 2 aliphatic heterocycles. The van der Waals surface area contributed by atoms with E-state index in [2.05, 4.69) is 41.4 Å². The number of piperazine rings is 1. The van der Waals surface area contributed by atoms with E-state index < -0.39 is 0 Å². The Morgan fingerprint density at radius 3 is 2.71 bits per heavy atom. The number of anilines is 1. The molecule has 148 valence electrons. The number of carbonyl (C=O) groups excluding carboxylic acids is 1. The molecule has 2 aromatic carbocycles. The van der Waals surface area contributed by atoms with Crippen LogP contribution in [0.4, 0.5) is 10.5 Å². The lowest BCUT2D eigenvalue weighted by Crippen LogP contribution is -2.52. The lowest BCUT2D eigenvalue weighted by Gasteiger charge is -2.36. The molecule has 0 bridgehead atoms. The number of rotatable bonds is 5. The average Bonchev–Trinajstić information content (AvgIpc) is 3.19. The monoisotopic (exact) mass is 383 g/mol. The number of nitrogens with zero attached hydrogens (tertiary/aromatic N) is 2. The first kappa shape index (κ1) is 18.3. The van der Waals surface area contributed by atoms with Gasteiger partial charge < -0.3 is 29.3 Å². The van der Waals surface area contributed by atoms with Crippen molar-refractivity contribution < 1.29 is 19.0 Å². The minimum absolute atomic E-state index is 0.0434. The number of aryl methyl sites for hydroxylation is 1. The summed E-state index contributed by atoms with van der Waals surface area (Å²) in [6.45, 7) is 6.28.